The highest BCUT2D eigenvalue weighted by molar-refractivity contribution is 5.99. The Kier molecular flexibility index (Phi) is 15.1. The summed E-state index contributed by atoms with van der Waals surface area (Å²) in [7, 11) is 5.81. The van der Waals surface area contributed by atoms with Crippen molar-refractivity contribution in [2.45, 2.75) is 103 Å². The Bertz CT molecular complexity index is 1090. The van der Waals surface area contributed by atoms with Crippen LogP contribution in [-0.2, 0) is 14.3 Å². The van der Waals surface area contributed by atoms with Crippen LogP contribution in [0.1, 0.15) is 95.3 Å². The molecule has 254 valence electrons. The number of anilines is 1. The average Bonchev–Trinajstić information content (AvgIpc) is 3.02. The predicted molar refractivity (Wildman–Crippen MR) is 178 cm³/mol. The zero-order chi connectivity index (χ0) is 32.9. The smallest absolute Gasteiger partial charge is 0.258 e. The van der Waals surface area contributed by atoms with Crippen LogP contribution < -0.4 is 10.1 Å². The summed E-state index contributed by atoms with van der Waals surface area (Å²) in [6.45, 7) is 7.80. The summed E-state index contributed by atoms with van der Waals surface area (Å²) in [4.78, 5) is 45.8. The summed E-state index contributed by atoms with van der Waals surface area (Å²) in [6, 6.07) is 4.75. The molecule has 10 nitrogen and oxygen atoms in total. The fraction of sp³-hybridized carbons (Fsp3) is 0.743. The van der Waals surface area contributed by atoms with E-state index in [0.717, 1.165) is 57.9 Å². The minimum absolute atomic E-state index is 0.0747. The Morgan fingerprint density at radius 3 is 2.47 bits per heavy atom. The van der Waals surface area contributed by atoms with Gasteiger partial charge in [-0.2, -0.15) is 0 Å². The molecule has 0 saturated heterocycles. The Balaban J connectivity index is 1.87. The van der Waals surface area contributed by atoms with Crippen molar-refractivity contribution in [1.82, 2.24) is 14.7 Å². The number of aliphatic hydroxyl groups excluding tert-OH is 1. The molecule has 4 atom stereocenters. The first-order chi connectivity index (χ1) is 21.5. The molecule has 0 bridgehead atoms. The van der Waals surface area contributed by atoms with Crippen molar-refractivity contribution in [2.75, 3.05) is 59.3 Å². The van der Waals surface area contributed by atoms with Crippen molar-refractivity contribution < 1.29 is 29.0 Å². The van der Waals surface area contributed by atoms with Gasteiger partial charge in [-0.15, -0.1) is 0 Å². The molecular weight excluding hydrogens is 572 g/mol. The van der Waals surface area contributed by atoms with Crippen LogP contribution in [0.5, 0.6) is 5.75 Å². The molecule has 2 aliphatic rings. The van der Waals surface area contributed by atoms with Gasteiger partial charge < -0.3 is 34.6 Å². The minimum Gasteiger partial charge on any atom is -0.490 e. The number of aliphatic hydroxyl groups is 1. The van der Waals surface area contributed by atoms with Gasteiger partial charge in [-0.3, -0.25) is 14.4 Å². The van der Waals surface area contributed by atoms with Crippen LogP contribution in [0.2, 0.25) is 0 Å². The van der Waals surface area contributed by atoms with E-state index in [1.807, 2.05) is 51.7 Å². The summed E-state index contributed by atoms with van der Waals surface area (Å²) in [6.07, 6.45) is 8.53. The first kappa shape index (κ1) is 36.8. The molecule has 0 aromatic heterocycles. The normalized spacial score (nSPS) is 23.1. The topological polar surface area (TPSA) is 112 Å². The van der Waals surface area contributed by atoms with Crippen molar-refractivity contribution in [3.63, 3.8) is 0 Å². The number of benzene rings is 1. The number of fused-ring (bicyclic) bond motifs is 1. The van der Waals surface area contributed by atoms with Crippen LogP contribution in [0.4, 0.5) is 5.69 Å². The van der Waals surface area contributed by atoms with Crippen LogP contribution in [0, 0.1) is 11.8 Å². The number of amides is 3. The fourth-order valence-corrected chi connectivity index (χ4v) is 6.26. The molecule has 1 fully saturated rings. The van der Waals surface area contributed by atoms with Gasteiger partial charge in [0.2, 0.25) is 11.8 Å². The van der Waals surface area contributed by atoms with Crippen molar-refractivity contribution >= 4 is 23.4 Å². The minimum atomic E-state index is -0.468. The number of hydrogen-bond acceptors (Lipinski definition) is 7. The second kappa shape index (κ2) is 18.5. The third-order valence-electron chi connectivity index (χ3n) is 9.13. The van der Waals surface area contributed by atoms with E-state index in [1.165, 1.54) is 6.42 Å². The second-order valence-corrected chi connectivity index (χ2v) is 13.5. The predicted octanol–water partition coefficient (Wildman–Crippen LogP) is 4.80. The molecule has 0 unspecified atom stereocenters. The zero-order valence-electron chi connectivity index (χ0n) is 28.6. The lowest BCUT2D eigenvalue weighted by molar-refractivity contribution is -0.138. The lowest BCUT2D eigenvalue weighted by atomic mass is 9.88. The van der Waals surface area contributed by atoms with E-state index in [4.69, 9.17) is 9.47 Å². The number of nitrogens with one attached hydrogen (secondary N) is 1. The number of nitrogens with zero attached hydrogens (tertiary/aromatic N) is 3. The summed E-state index contributed by atoms with van der Waals surface area (Å²) in [5.41, 5.74) is 0.877. The van der Waals surface area contributed by atoms with E-state index < -0.39 is 6.04 Å². The number of hydrogen-bond donors (Lipinski definition) is 2. The van der Waals surface area contributed by atoms with E-state index >= 15 is 0 Å². The first-order valence-corrected chi connectivity index (χ1v) is 17.0. The molecule has 1 aromatic carbocycles. The van der Waals surface area contributed by atoms with Crippen molar-refractivity contribution in [1.29, 1.82) is 0 Å². The van der Waals surface area contributed by atoms with Crippen molar-refractivity contribution in [3.8, 4) is 5.75 Å². The van der Waals surface area contributed by atoms with Gasteiger partial charge in [0.1, 0.15) is 5.75 Å². The third-order valence-corrected chi connectivity index (χ3v) is 9.13. The number of rotatable bonds is 10. The zero-order valence-corrected chi connectivity index (χ0v) is 28.6. The van der Waals surface area contributed by atoms with Crippen LogP contribution in [0.3, 0.4) is 0 Å². The van der Waals surface area contributed by atoms with Crippen LogP contribution in [-0.4, -0.2) is 110 Å². The van der Waals surface area contributed by atoms with Crippen molar-refractivity contribution in [3.05, 3.63) is 23.8 Å². The molecule has 1 aliphatic carbocycles. The number of ether oxygens (including phenoxy) is 2. The lowest BCUT2D eigenvalue weighted by Gasteiger charge is -2.36. The highest BCUT2D eigenvalue weighted by Crippen LogP contribution is 2.29. The second-order valence-electron chi connectivity index (χ2n) is 13.5. The summed E-state index contributed by atoms with van der Waals surface area (Å²) in [5.74, 6) is 0.208. The van der Waals surface area contributed by atoms with Crippen LogP contribution in [0.15, 0.2) is 18.2 Å². The Labute approximate surface area is 270 Å². The molecule has 45 heavy (non-hydrogen) atoms. The van der Waals surface area contributed by atoms with E-state index in [0.29, 0.717) is 43.1 Å². The van der Waals surface area contributed by atoms with Gasteiger partial charge in [-0.1, -0.05) is 26.2 Å². The fourth-order valence-electron chi connectivity index (χ4n) is 6.26. The maximum atomic E-state index is 14.3. The highest BCUT2D eigenvalue weighted by atomic mass is 16.5. The van der Waals surface area contributed by atoms with Gasteiger partial charge in [0.05, 0.1) is 30.4 Å². The van der Waals surface area contributed by atoms with Gasteiger partial charge >= 0.3 is 0 Å². The lowest BCUT2D eigenvalue weighted by Crippen LogP contribution is -2.48. The van der Waals surface area contributed by atoms with Crippen molar-refractivity contribution in [2.24, 2.45) is 11.8 Å². The molecule has 1 saturated carbocycles. The molecule has 3 amide bonds. The quantitative estimate of drug-likeness (QED) is 0.382. The molecule has 0 radical (unpaired) electrons. The Morgan fingerprint density at radius 1 is 1.07 bits per heavy atom. The molecule has 0 spiro atoms. The number of carbonyl (C=O) groups is 3. The van der Waals surface area contributed by atoms with Crippen LogP contribution >= 0.6 is 0 Å². The SMILES string of the molecule is C[C@@H]1CCCCO[C@H](CN(C)C(=O)C2CCCCC2)[C@@H](C)CN([C@@H](C)CO)C(=O)c2cc(NC(=O)CCCN(C)C)ccc2O1. The molecule has 1 aliphatic heterocycles. The highest BCUT2D eigenvalue weighted by Gasteiger charge is 2.32. The molecule has 10 heteroatoms. The van der Waals surface area contributed by atoms with Gasteiger partial charge in [-0.05, 0) is 91.2 Å². The van der Waals surface area contributed by atoms with Gasteiger partial charge in [-0.25, -0.2) is 0 Å². The molecular formula is C35H58N4O6. The number of likely N-dealkylation sites (N-methyl/N-ethyl adjacent to an activating group) is 1. The van der Waals surface area contributed by atoms with E-state index in [-0.39, 0.29) is 48.4 Å². The van der Waals surface area contributed by atoms with Gasteiger partial charge in [0.25, 0.3) is 5.91 Å². The van der Waals surface area contributed by atoms with E-state index in [2.05, 4.69) is 5.32 Å². The molecule has 2 N–H and O–H groups in total. The van der Waals surface area contributed by atoms with Gasteiger partial charge in [0, 0.05) is 50.7 Å². The van der Waals surface area contributed by atoms with Crippen LogP contribution in [0.25, 0.3) is 0 Å². The number of carbonyl (C=O) groups excluding carboxylic acids is 3. The molecule has 3 rings (SSSR count). The summed E-state index contributed by atoms with van der Waals surface area (Å²) >= 11 is 0. The Hall–Kier alpha value is -2.69. The maximum absolute atomic E-state index is 14.3. The summed E-state index contributed by atoms with van der Waals surface area (Å²) in [5, 5.41) is 13.2. The maximum Gasteiger partial charge on any atom is 0.258 e. The largest absolute Gasteiger partial charge is 0.490 e. The summed E-state index contributed by atoms with van der Waals surface area (Å²) < 4.78 is 12.7. The third kappa shape index (κ3) is 11.6. The average molecular weight is 631 g/mol. The van der Waals surface area contributed by atoms with E-state index in [1.54, 1.807) is 23.1 Å². The standard InChI is InChI=1S/C35H58N4O6/c1-25-22-39(26(2)24-40)35(43)30-21-29(36-33(41)16-12-19-37(4)5)17-18-31(30)45-27(3)13-10-11-20-44-32(25)23-38(6)34(42)28-14-8-7-9-15-28/h17-18,21,25-28,32,40H,7-16,19-20,22-24H2,1-6H3,(H,36,41)/t25-,26-,27+,32+/m0/s1. The Morgan fingerprint density at radius 2 is 1.78 bits per heavy atom. The monoisotopic (exact) mass is 630 g/mol. The molecule has 1 heterocycles. The van der Waals surface area contributed by atoms with E-state index in [9.17, 15) is 19.5 Å². The first-order valence-electron chi connectivity index (χ1n) is 17.0. The molecule has 1 aromatic rings. The van der Waals surface area contributed by atoms with Gasteiger partial charge in [0.15, 0.2) is 0 Å².